The third-order valence-electron chi connectivity index (χ3n) is 2.54. The topological polar surface area (TPSA) is 68.3 Å². The number of carbonyl (C=O) groups excluding carboxylic acids is 2. The average molecular weight is 323 g/mol. The first-order valence-electron chi connectivity index (χ1n) is 5.81. The van der Waals surface area contributed by atoms with Gasteiger partial charge in [-0.1, -0.05) is 18.2 Å². The lowest BCUT2D eigenvalue weighted by Gasteiger charge is -2.01. The molecule has 2 rings (SSSR count). The van der Waals surface area contributed by atoms with Crippen molar-refractivity contribution in [3.05, 3.63) is 47.1 Å². The van der Waals surface area contributed by atoms with Gasteiger partial charge in [-0.05, 0) is 18.2 Å². The summed E-state index contributed by atoms with van der Waals surface area (Å²) in [4.78, 5) is 28.3. The molecule has 7 heteroatoms. The molecule has 0 saturated carbocycles. The van der Waals surface area contributed by atoms with Gasteiger partial charge in [0.1, 0.15) is 4.88 Å². The van der Waals surface area contributed by atoms with Gasteiger partial charge in [-0.3, -0.25) is 9.78 Å². The van der Waals surface area contributed by atoms with Crippen LogP contribution in [0.25, 0.3) is 10.4 Å². The number of hydrogen-bond acceptors (Lipinski definition) is 5. The lowest BCUT2D eigenvalue weighted by molar-refractivity contribution is -0.111. The van der Waals surface area contributed by atoms with Crippen molar-refractivity contribution in [3.63, 3.8) is 0 Å². The van der Waals surface area contributed by atoms with Crippen molar-refractivity contribution < 1.29 is 14.3 Å². The molecule has 0 fully saturated rings. The molecule has 0 spiro atoms. The Morgan fingerprint density at radius 3 is 2.81 bits per heavy atom. The van der Waals surface area contributed by atoms with Crippen LogP contribution in [0, 0.1) is 0 Å². The van der Waals surface area contributed by atoms with E-state index in [4.69, 9.17) is 16.3 Å². The van der Waals surface area contributed by atoms with Gasteiger partial charge in [0.05, 0.1) is 17.8 Å². The minimum absolute atomic E-state index is 0.294. The highest BCUT2D eigenvalue weighted by molar-refractivity contribution is 7.18. The van der Waals surface area contributed by atoms with E-state index in [-0.39, 0.29) is 0 Å². The number of esters is 1. The third-order valence-corrected chi connectivity index (χ3v) is 3.91. The van der Waals surface area contributed by atoms with Crippen LogP contribution in [-0.4, -0.2) is 24.0 Å². The second-order valence-corrected chi connectivity index (χ2v) is 5.42. The molecule has 2 heterocycles. The number of anilines is 1. The van der Waals surface area contributed by atoms with Crippen molar-refractivity contribution >= 4 is 40.5 Å². The van der Waals surface area contributed by atoms with Gasteiger partial charge in [-0.15, -0.1) is 11.3 Å². The van der Waals surface area contributed by atoms with Crippen LogP contribution in [0.3, 0.4) is 0 Å². The summed E-state index contributed by atoms with van der Waals surface area (Å²) in [6.07, 6.45) is 4.26. The monoisotopic (exact) mass is 322 g/mol. The van der Waals surface area contributed by atoms with Gasteiger partial charge < -0.3 is 10.1 Å². The van der Waals surface area contributed by atoms with Crippen molar-refractivity contribution in [1.82, 2.24) is 4.98 Å². The standard InChI is InChI=1S/C14H11ClN2O3S/c1-3-12(18)17-10-5-11(21-13(10)14(19)20-2)8-4-9(15)7-16-6-8/h3-7H,1H2,2H3,(H,17,18). The third kappa shape index (κ3) is 3.48. The highest BCUT2D eigenvalue weighted by atomic mass is 35.5. The first-order valence-corrected chi connectivity index (χ1v) is 7.01. The zero-order chi connectivity index (χ0) is 15.4. The van der Waals surface area contributed by atoms with Crippen molar-refractivity contribution in [3.8, 4) is 10.4 Å². The van der Waals surface area contributed by atoms with Gasteiger partial charge in [-0.25, -0.2) is 4.79 Å². The molecule has 5 nitrogen and oxygen atoms in total. The van der Waals surface area contributed by atoms with Crippen LogP contribution in [-0.2, 0) is 9.53 Å². The molecule has 0 aromatic carbocycles. The van der Waals surface area contributed by atoms with Gasteiger partial charge in [0.15, 0.2) is 0 Å². The van der Waals surface area contributed by atoms with E-state index in [1.54, 1.807) is 18.3 Å². The predicted octanol–water partition coefficient (Wildman–Crippen LogP) is 3.37. The molecule has 2 aromatic rings. The predicted molar refractivity (Wildman–Crippen MR) is 82.7 cm³/mol. The molecule has 0 aliphatic carbocycles. The van der Waals surface area contributed by atoms with E-state index in [2.05, 4.69) is 16.9 Å². The molecule has 2 aromatic heterocycles. The Bertz CT molecular complexity index is 712. The lowest BCUT2D eigenvalue weighted by atomic mass is 10.2. The molecule has 0 radical (unpaired) electrons. The first-order chi connectivity index (χ1) is 10.0. The number of ether oxygens (including phenoxy) is 1. The molecule has 0 atom stereocenters. The average Bonchev–Trinajstić information content (AvgIpc) is 2.90. The van der Waals surface area contributed by atoms with Gasteiger partial charge in [0.2, 0.25) is 5.91 Å². The maximum absolute atomic E-state index is 11.8. The fourth-order valence-electron chi connectivity index (χ4n) is 1.60. The molecule has 0 aliphatic rings. The van der Waals surface area contributed by atoms with E-state index in [1.165, 1.54) is 24.6 Å². The van der Waals surface area contributed by atoms with Crippen LogP contribution >= 0.6 is 22.9 Å². The Hall–Kier alpha value is -2.18. The maximum Gasteiger partial charge on any atom is 0.350 e. The minimum atomic E-state index is -0.527. The van der Waals surface area contributed by atoms with Gasteiger partial charge in [0.25, 0.3) is 0 Å². The number of amides is 1. The number of methoxy groups -OCH3 is 1. The van der Waals surface area contributed by atoms with Crippen LogP contribution in [0.5, 0.6) is 0 Å². The van der Waals surface area contributed by atoms with Crippen LogP contribution in [0.1, 0.15) is 9.67 Å². The molecule has 0 saturated heterocycles. The van der Waals surface area contributed by atoms with Crippen LogP contribution < -0.4 is 5.32 Å². The molecule has 0 bridgehead atoms. The first kappa shape index (κ1) is 15.2. The number of hydrogen-bond donors (Lipinski definition) is 1. The van der Waals surface area contributed by atoms with Crippen LogP contribution in [0.2, 0.25) is 5.02 Å². The number of rotatable bonds is 4. The van der Waals surface area contributed by atoms with Crippen molar-refractivity contribution in [2.45, 2.75) is 0 Å². The number of nitrogens with zero attached hydrogens (tertiary/aromatic N) is 1. The Labute approximate surface area is 130 Å². The van der Waals surface area contributed by atoms with E-state index in [0.29, 0.717) is 15.6 Å². The number of nitrogens with one attached hydrogen (secondary N) is 1. The van der Waals surface area contributed by atoms with Crippen LogP contribution in [0.15, 0.2) is 37.2 Å². The largest absolute Gasteiger partial charge is 0.465 e. The summed E-state index contributed by atoms with van der Waals surface area (Å²) in [6.45, 7) is 3.38. The Morgan fingerprint density at radius 1 is 1.43 bits per heavy atom. The summed E-state index contributed by atoms with van der Waals surface area (Å²) in [6, 6.07) is 3.40. The zero-order valence-electron chi connectivity index (χ0n) is 11.1. The second-order valence-electron chi connectivity index (χ2n) is 3.93. The van der Waals surface area contributed by atoms with Crippen molar-refractivity contribution in [2.24, 2.45) is 0 Å². The molecule has 0 aliphatic heterocycles. The molecule has 108 valence electrons. The zero-order valence-corrected chi connectivity index (χ0v) is 12.6. The molecule has 0 unspecified atom stereocenters. The van der Waals surface area contributed by atoms with Crippen molar-refractivity contribution in [2.75, 3.05) is 12.4 Å². The highest BCUT2D eigenvalue weighted by Crippen LogP contribution is 2.35. The molecule has 1 N–H and O–H groups in total. The fourth-order valence-corrected chi connectivity index (χ4v) is 2.79. The van der Waals surface area contributed by atoms with E-state index >= 15 is 0 Å². The summed E-state index contributed by atoms with van der Waals surface area (Å²) in [5, 5.41) is 3.06. The minimum Gasteiger partial charge on any atom is -0.465 e. The maximum atomic E-state index is 11.8. The number of pyridine rings is 1. The van der Waals surface area contributed by atoms with E-state index in [1.807, 2.05) is 0 Å². The van der Waals surface area contributed by atoms with E-state index < -0.39 is 11.9 Å². The molecule has 1 amide bonds. The smallest absolute Gasteiger partial charge is 0.350 e. The Balaban J connectivity index is 2.47. The van der Waals surface area contributed by atoms with E-state index in [9.17, 15) is 9.59 Å². The number of carbonyl (C=O) groups is 2. The van der Waals surface area contributed by atoms with Gasteiger partial charge >= 0.3 is 5.97 Å². The normalized spacial score (nSPS) is 10.0. The summed E-state index contributed by atoms with van der Waals surface area (Å²) in [7, 11) is 1.28. The van der Waals surface area contributed by atoms with Crippen molar-refractivity contribution in [1.29, 1.82) is 0 Å². The summed E-state index contributed by atoms with van der Waals surface area (Å²) < 4.78 is 4.72. The quantitative estimate of drug-likeness (QED) is 0.692. The summed E-state index contributed by atoms with van der Waals surface area (Å²) in [5.74, 6) is -0.936. The fraction of sp³-hybridized carbons (Fsp3) is 0.0714. The molecule has 21 heavy (non-hydrogen) atoms. The summed E-state index contributed by atoms with van der Waals surface area (Å²) in [5.41, 5.74) is 1.11. The van der Waals surface area contributed by atoms with Crippen LogP contribution in [0.4, 0.5) is 5.69 Å². The van der Waals surface area contributed by atoms with Gasteiger partial charge in [-0.2, -0.15) is 0 Å². The molecular weight excluding hydrogens is 312 g/mol. The van der Waals surface area contributed by atoms with Gasteiger partial charge in [0, 0.05) is 22.8 Å². The summed E-state index contributed by atoms with van der Waals surface area (Å²) >= 11 is 7.09. The molecular formula is C14H11ClN2O3S. The highest BCUT2D eigenvalue weighted by Gasteiger charge is 2.19. The number of aromatic nitrogens is 1. The number of halogens is 1. The Kier molecular flexibility index (Phi) is 4.72. The lowest BCUT2D eigenvalue weighted by Crippen LogP contribution is -2.10. The Morgan fingerprint density at radius 2 is 2.19 bits per heavy atom. The second kappa shape index (κ2) is 6.51. The SMILES string of the molecule is C=CC(=O)Nc1cc(-c2cncc(Cl)c2)sc1C(=O)OC. The van der Waals surface area contributed by atoms with E-state index in [0.717, 1.165) is 16.5 Å². The number of thiophene rings is 1.